The predicted molar refractivity (Wildman–Crippen MR) is 69.6 cm³/mol. The van der Waals surface area contributed by atoms with Gasteiger partial charge < -0.3 is 16.0 Å². The number of nitrogens with one attached hydrogen (secondary N) is 1. The molecule has 0 unspecified atom stereocenters. The number of amides is 2. The molecule has 0 bridgehead atoms. The van der Waals surface area contributed by atoms with Crippen LogP contribution >= 0.6 is 0 Å². The minimum atomic E-state index is -0.00528. The van der Waals surface area contributed by atoms with Crippen LogP contribution in [0.1, 0.15) is 13.8 Å². The standard InChI is InChI=1S/C12H24N4O/c1-11(2)3-5-14-12(17)16-9-7-15(6-4-13)8-10-16/h3,5,11H,4,6-10,13H2,1-2H3,(H,14,17)/b5-3+. The molecule has 0 radical (unpaired) electrons. The van der Waals surface area contributed by atoms with Crippen LogP contribution in [0, 0.1) is 5.92 Å². The first-order chi connectivity index (χ1) is 8.13. The number of nitrogens with zero attached hydrogens (tertiary/aromatic N) is 2. The molecule has 0 aromatic heterocycles. The Morgan fingerprint density at radius 3 is 2.53 bits per heavy atom. The number of piperazine rings is 1. The second kappa shape index (κ2) is 7.29. The Hall–Kier alpha value is -1.07. The number of carbonyl (C=O) groups is 1. The molecular formula is C12H24N4O. The molecular weight excluding hydrogens is 216 g/mol. The molecule has 0 atom stereocenters. The number of rotatable bonds is 4. The Labute approximate surface area is 104 Å². The predicted octanol–water partition coefficient (Wildman–Crippen LogP) is 0.442. The summed E-state index contributed by atoms with van der Waals surface area (Å²) in [6, 6.07) is -0.00528. The van der Waals surface area contributed by atoms with Crippen LogP contribution in [0.4, 0.5) is 4.79 Å². The summed E-state index contributed by atoms with van der Waals surface area (Å²) in [5.41, 5.74) is 5.50. The Bertz CT molecular complexity index is 257. The van der Waals surface area contributed by atoms with Crippen molar-refractivity contribution in [3.05, 3.63) is 12.3 Å². The summed E-state index contributed by atoms with van der Waals surface area (Å²) in [6.45, 7) is 9.15. The fourth-order valence-corrected chi connectivity index (χ4v) is 1.76. The minimum absolute atomic E-state index is 0.00528. The van der Waals surface area contributed by atoms with Gasteiger partial charge in [-0.15, -0.1) is 0 Å². The average Bonchev–Trinajstić information content (AvgIpc) is 2.30. The van der Waals surface area contributed by atoms with Gasteiger partial charge in [-0.3, -0.25) is 4.90 Å². The molecule has 3 N–H and O–H groups in total. The summed E-state index contributed by atoms with van der Waals surface area (Å²) < 4.78 is 0. The highest BCUT2D eigenvalue weighted by atomic mass is 16.2. The Kier molecular flexibility index (Phi) is 6.00. The largest absolute Gasteiger partial charge is 0.329 e. The van der Waals surface area contributed by atoms with Gasteiger partial charge in [0.05, 0.1) is 0 Å². The smallest absolute Gasteiger partial charge is 0.321 e. The third-order valence-electron chi connectivity index (χ3n) is 2.79. The van der Waals surface area contributed by atoms with Crippen molar-refractivity contribution in [3.8, 4) is 0 Å². The van der Waals surface area contributed by atoms with Gasteiger partial charge in [-0.2, -0.15) is 0 Å². The molecule has 1 rings (SSSR count). The van der Waals surface area contributed by atoms with E-state index in [-0.39, 0.29) is 6.03 Å². The monoisotopic (exact) mass is 240 g/mol. The highest BCUT2D eigenvalue weighted by molar-refractivity contribution is 5.75. The molecule has 0 aromatic carbocycles. The summed E-state index contributed by atoms with van der Waals surface area (Å²) in [5.74, 6) is 0.455. The van der Waals surface area contributed by atoms with E-state index in [1.54, 1.807) is 6.20 Å². The quantitative estimate of drug-likeness (QED) is 0.749. The lowest BCUT2D eigenvalue weighted by atomic mass is 10.2. The van der Waals surface area contributed by atoms with Crippen molar-refractivity contribution in [3.63, 3.8) is 0 Å². The van der Waals surface area contributed by atoms with Crippen molar-refractivity contribution >= 4 is 6.03 Å². The molecule has 0 aliphatic carbocycles. The molecule has 0 aromatic rings. The zero-order valence-electron chi connectivity index (χ0n) is 10.9. The maximum atomic E-state index is 11.8. The van der Waals surface area contributed by atoms with Crippen molar-refractivity contribution in [2.75, 3.05) is 39.3 Å². The average molecular weight is 240 g/mol. The number of hydrogen-bond donors (Lipinski definition) is 2. The van der Waals surface area contributed by atoms with Gasteiger partial charge in [0, 0.05) is 45.5 Å². The van der Waals surface area contributed by atoms with E-state index in [1.165, 1.54) is 0 Å². The van der Waals surface area contributed by atoms with Gasteiger partial charge in [0.2, 0.25) is 0 Å². The van der Waals surface area contributed by atoms with Crippen LogP contribution in [0.3, 0.4) is 0 Å². The molecule has 1 heterocycles. The van der Waals surface area contributed by atoms with Gasteiger partial charge in [-0.25, -0.2) is 4.79 Å². The lowest BCUT2D eigenvalue weighted by Gasteiger charge is -2.34. The molecule has 0 saturated carbocycles. The topological polar surface area (TPSA) is 61.6 Å². The van der Waals surface area contributed by atoms with Gasteiger partial charge in [0.1, 0.15) is 0 Å². The Morgan fingerprint density at radius 2 is 2.00 bits per heavy atom. The van der Waals surface area contributed by atoms with Crippen molar-refractivity contribution in [1.29, 1.82) is 0 Å². The van der Waals surface area contributed by atoms with Crippen LogP contribution in [0.5, 0.6) is 0 Å². The SMILES string of the molecule is CC(C)/C=C/NC(=O)N1CCN(CCN)CC1. The zero-order chi connectivity index (χ0) is 12.7. The molecule has 1 aliphatic heterocycles. The van der Waals surface area contributed by atoms with E-state index in [2.05, 4.69) is 24.1 Å². The lowest BCUT2D eigenvalue weighted by Crippen LogP contribution is -2.51. The molecule has 5 nitrogen and oxygen atoms in total. The van der Waals surface area contributed by atoms with E-state index < -0.39 is 0 Å². The second-order valence-electron chi connectivity index (χ2n) is 4.67. The van der Waals surface area contributed by atoms with Gasteiger partial charge in [-0.1, -0.05) is 19.9 Å². The van der Waals surface area contributed by atoms with E-state index in [1.807, 2.05) is 11.0 Å². The highest BCUT2D eigenvalue weighted by Gasteiger charge is 2.19. The van der Waals surface area contributed by atoms with Gasteiger partial charge in [0.15, 0.2) is 0 Å². The molecule has 1 saturated heterocycles. The number of hydrogen-bond acceptors (Lipinski definition) is 3. The molecule has 2 amide bonds. The summed E-state index contributed by atoms with van der Waals surface area (Å²) in [7, 11) is 0. The molecule has 1 fully saturated rings. The third kappa shape index (κ3) is 5.19. The first kappa shape index (κ1) is 14.0. The fraction of sp³-hybridized carbons (Fsp3) is 0.750. The first-order valence-corrected chi connectivity index (χ1v) is 6.28. The maximum Gasteiger partial charge on any atom is 0.321 e. The van der Waals surface area contributed by atoms with Gasteiger partial charge in [-0.05, 0) is 5.92 Å². The van der Waals surface area contributed by atoms with Crippen LogP contribution in [0.2, 0.25) is 0 Å². The molecule has 0 spiro atoms. The van der Waals surface area contributed by atoms with Crippen LogP contribution in [0.15, 0.2) is 12.3 Å². The number of carbonyl (C=O) groups excluding carboxylic acids is 1. The molecule has 98 valence electrons. The number of nitrogens with two attached hydrogens (primary N) is 1. The first-order valence-electron chi connectivity index (χ1n) is 6.28. The van der Waals surface area contributed by atoms with Crippen molar-refractivity contribution < 1.29 is 4.79 Å². The van der Waals surface area contributed by atoms with Crippen molar-refractivity contribution in [2.45, 2.75) is 13.8 Å². The molecule has 17 heavy (non-hydrogen) atoms. The van der Waals surface area contributed by atoms with Crippen molar-refractivity contribution in [2.24, 2.45) is 11.7 Å². The summed E-state index contributed by atoms with van der Waals surface area (Å²) in [5, 5.41) is 2.79. The van der Waals surface area contributed by atoms with Gasteiger partial charge >= 0.3 is 6.03 Å². The van der Waals surface area contributed by atoms with E-state index in [9.17, 15) is 4.79 Å². The van der Waals surface area contributed by atoms with Crippen LogP contribution < -0.4 is 11.1 Å². The van der Waals surface area contributed by atoms with Crippen LogP contribution in [-0.4, -0.2) is 55.1 Å². The molecule has 5 heteroatoms. The zero-order valence-corrected chi connectivity index (χ0v) is 10.9. The minimum Gasteiger partial charge on any atom is -0.329 e. The Morgan fingerprint density at radius 1 is 1.35 bits per heavy atom. The Balaban J connectivity index is 2.26. The lowest BCUT2D eigenvalue weighted by molar-refractivity contribution is 0.143. The van der Waals surface area contributed by atoms with Crippen LogP contribution in [0.25, 0.3) is 0 Å². The van der Waals surface area contributed by atoms with E-state index >= 15 is 0 Å². The summed E-state index contributed by atoms with van der Waals surface area (Å²) in [6.07, 6.45) is 3.71. The fourth-order valence-electron chi connectivity index (χ4n) is 1.76. The normalized spacial score (nSPS) is 18.0. The van der Waals surface area contributed by atoms with Crippen LogP contribution in [-0.2, 0) is 0 Å². The summed E-state index contributed by atoms with van der Waals surface area (Å²) >= 11 is 0. The number of allylic oxidation sites excluding steroid dienone is 1. The highest BCUT2D eigenvalue weighted by Crippen LogP contribution is 2.01. The van der Waals surface area contributed by atoms with E-state index in [0.717, 1.165) is 32.7 Å². The molecule has 1 aliphatic rings. The number of urea groups is 1. The van der Waals surface area contributed by atoms with E-state index in [0.29, 0.717) is 12.5 Å². The maximum absolute atomic E-state index is 11.8. The van der Waals surface area contributed by atoms with Gasteiger partial charge in [0.25, 0.3) is 0 Å². The second-order valence-corrected chi connectivity index (χ2v) is 4.67. The summed E-state index contributed by atoms with van der Waals surface area (Å²) in [4.78, 5) is 15.9. The third-order valence-corrected chi connectivity index (χ3v) is 2.79. The van der Waals surface area contributed by atoms with E-state index in [4.69, 9.17) is 5.73 Å². The van der Waals surface area contributed by atoms with Crippen molar-refractivity contribution in [1.82, 2.24) is 15.1 Å².